The molecule has 0 aliphatic rings. The lowest BCUT2D eigenvalue weighted by molar-refractivity contribution is -0.120. The van der Waals surface area contributed by atoms with Crippen LogP contribution in [-0.2, 0) is 14.6 Å². The van der Waals surface area contributed by atoms with Gasteiger partial charge in [-0.2, -0.15) is 0 Å². The molecule has 0 spiro atoms. The fraction of sp³-hybridized carbons (Fsp3) is 0.917. The van der Waals surface area contributed by atoms with Crippen LogP contribution in [0.25, 0.3) is 0 Å². The Kier molecular flexibility index (Phi) is 6.84. The van der Waals surface area contributed by atoms with E-state index in [4.69, 9.17) is 5.73 Å². The molecule has 3 N–H and O–H groups in total. The molecule has 0 aromatic rings. The quantitative estimate of drug-likeness (QED) is 0.683. The van der Waals surface area contributed by atoms with Gasteiger partial charge in [0.1, 0.15) is 5.75 Å². The third-order valence-corrected chi connectivity index (χ3v) is 4.96. The van der Waals surface area contributed by atoms with Crippen molar-refractivity contribution in [3.63, 3.8) is 0 Å². The summed E-state index contributed by atoms with van der Waals surface area (Å²) in [6, 6.07) is 0. The van der Waals surface area contributed by atoms with Crippen LogP contribution in [0.2, 0.25) is 0 Å². The minimum atomic E-state index is -3.33. The van der Waals surface area contributed by atoms with Crippen molar-refractivity contribution < 1.29 is 13.2 Å². The number of carbonyl (C=O) groups excluding carboxylic acids is 1. The monoisotopic (exact) mass is 278 g/mol. The van der Waals surface area contributed by atoms with Gasteiger partial charge in [-0.05, 0) is 18.8 Å². The molecule has 0 radical (unpaired) electrons. The summed E-state index contributed by atoms with van der Waals surface area (Å²) in [6.07, 6.45) is 1.38. The first kappa shape index (κ1) is 17.4. The van der Waals surface area contributed by atoms with Gasteiger partial charge < -0.3 is 11.1 Å². The zero-order valence-corrected chi connectivity index (χ0v) is 12.6. The number of sulfone groups is 1. The van der Waals surface area contributed by atoms with Crippen molar-refractivity contribution in [2.45, 2.75) is 46.1 Å². The van der Waals surface area contributed by atoms with Gasteiger partial charge in [-0.15, -0.1) is 0 Å². The van der Waals surface area contributed by atoms with Gasteiger partial charge in [-0.1, -0.05) is 27.7 Å². The summed E-state index contributed by atoms with van der Waals surface area (Å²) in [4.78, 5) is 11.8. The topological polar surface area (TPSA) is 89.3 Å². The Bertz CT molecular complexity index is 351. The second kappa shape index (κ2) is 7.09. The van der Waals surface area contributed by atoms with Gasteiger partial charge in [0, 0.05) is 6.54 Å². The predicted molar refractivity (Wildman–Crippen MR) is 74.0 cm³/mol. The molecule has 0 aliphatic carbocycles. The van der Waals surface area contributed by atoms with Crippen molar-refractivity contribution in [3.8, 4) is 0 Å². The van der Waals surface area contributed by atoms with Crippen molar-refractivity contribution in [3.05, 3.63) is 0 Å². The number of carbonyl (C=O) groups is 1. The number of rotatable bonds is 8. The van der Waals surface area contributed by atoms with Crippen molar-refractivity contribution in [2.24, 2.45) is 11.7 Å². The van der Waals surface area contributed by atoms with E-state index in [0.717, 1.165) is 0 Å². The molecule has 5 nitrogen and oxygen atoms in total. The highest BCUT2D eigenvalue weighted by Gasteiger charge is 2.28. The van der Waals surface area contributed by atoms with Crippen LogP contribution in [0.3, 0.4) is 0 Å². The molecule has 0 saturated carbocycles. The summed E-state index contributed by atoms with van der Waals surface area (Å²) in [6.45, 7) is 7.81. The molecule has 1 amide bonds. The van der Waals surface area contributed by atoms with E-state index in [0.29, 0.717) is 19.4 Å². The lowest BCUT2D eigenvalue weighted by atomic mass is 9.93. The van der Waals surface area contributed by atoms with Crippen LogP contribution >= 0.6 is 0 Å². The second-order valence-electron chi connectivity index (χ2n) is 5.19. The van der Waals surface area contributed by atoms with Crippen LogP contribution < -0.4 is 11.1 Å². The van der Waals surface area contributed by atoms with Gasteiger partial charge >= 0.3 is 0 Å². The van der Waals surface area contributed by atoms with Gasteiger partial charge in [0.2, 0.25) is 5.91 Å². The highest BCUT2D eigenvalue weighted by molar-refractivity contribution is 7.92. The van der Waals surface area contributed by atoms with Gasteiger partial charge in [0.25, 0.3) is 0 Å². The third-order valence-electron chi connectivity index (χ3n) is 3.09. The molecule has 0 aromatic heterocycles. The molecule has 0 bridgehead atoms. The SMILES string of the molecule is CCC(CC)(CN)NC(=O)CS(=O)(=O)CC(C)C. The van der Waals surface area contributed by atoms with E-state index in [1.165, 1.54) is 0 Å². The molecule has 0 unspecified atom stereocenters. The van der Waals surface area contributed by atoms with E-state index in [2.05, 4.69) is 5.32 Å². The molecule has 6 heteroatoms. The average Bonchev–Trinajstić information content (AvgIpc) is 2.23. The number of nitrogens with one attached hydrogen (secondary N) is 1. The fourth-order valence-corrected chi connectivity index (χ4v) is 3.47. The Morgan fingerprint density at radius 1 is 1.28 bits per heavy atom. The van der Waals surface area contributed by atoms with E-state index >= 15 is 0 Å². The molecule has 0 atom stereocenters. The third kappa shape index (κ3) is 5.82. The summed E-state index contributed by atoms with van der Waals surface area (Å²) in [5.74, 6) is -0.842. The maximum Gasteiger partial charge on any atom is 0.235 e. The van der Waals surface area contributed by atoms with Crippen molar-refractivity contribution in [1.82, 2.24) is 5.32 Å². The molecule has 0 aliphatic heterocycles. The molecule has 0 heterocycles. The maximum absolute atomic E-state index is 11.8. The zero-order valence-electron chi connectivity index (χ0n) is 11.8. The van der Waals surface area contributed by atoms with E-state index in [1.807, 2.05) is 27.7 Å². The Morgan fingerprint density at radius 2 is 1.78 bits per heavy atom. The maximum atomic E-state index is 11.8. The molecular formula is C12H26N2O3S. The van der Waals surface area contributed by atoms with Crippen molar-refractivity contribution >= 4 is 15.7 Å². The average molecular weight is 278 g/mol. The second-order valence-corrected chi connectivity index (χ2v) is 7.30. The first-order chi connectivity index (χ1) is 8.20. The highest BCUT2D eigenvalue weighted by Crippen LogP contribution is 2.13. The van der Waals surface area contributed by atoms with Gasteiger partial charge in [0.05, 0.1) is 11.3 Å². The number of hydrogen-bond acceptors (Lipinski definition) is 4. The summed E-state index contributed by atoms with van der Waals surface area (Å²) in [5, 5.41) is 2.77. The fourth-order valence-electron chi connectivity index (χ4n) is 1.86. The zero-order chi connectivity index (χ0) is 14.4. The Labute approximate surface area is 110 Å². The minimum Gasteiger partial charge on any atom is -0.349 e. The largest absolute Gasteiger partial charge is 0.349 e. The Balaban J connectivity index is 4.60. The lowest BCUT2D eigenvalue weighted by Crippen LogP contribution is -2.54. The Morgan fingerprint density at radius 3 is 2.11 bits per heavy atom. The van der Waals surface area contributed by atoms with Crippen LogP contribution in [-0.4, -0.2) is 37.9 Å². The van der Waals surface area contributed by atoms with Crippen LogP contribution in [0.4, 0.5) is 0 Å². The summed E-state index contributed by atoms with van der Waals surface area (Å²) < 4.78 is 23.4. The normalized spacial score (nSPS) is 12.8. The van der Waals surface area contributed by atoms with Crippen LogP contribution in [0.15, 0.2) is 0 Å². The summed E-state index contributed by atoms with van der Waals surface area (Å²) in [5.41, 5.74) is 5.18. The highest BCUT2D eigenvalue weighted by atomic mass is 32.2. The van der Waals surface area contributed by atoms with E-state index in [-0.39, 0.29) is 11.7 Å². The molecule has 18 heavy (non-hydrogen) atoms. The van der Waals surface area contributed by atoms with Crippen molar-refractivity contribution in [1.29, 1.82) is 0 Å². The van der Waals surface area contributed by atoms with E-state index in [9.17, 15) is 13.2 Å². The minimum absolute atomic E-state index is 0.0272. The first-order valence-corrected chi connectivity index (χ1v) is 8.24. The molecule has 0 aromatic carbocycles. The summed E-state index contributed by atoms with van der Waals surface area (Å²) in [7, 11) is -3.33. The standard InChI is InChI=1S/C12H26N2O3S/c1-5-12(6-2,9-13)14-11(15)8-18(16,17)7-10(3)4/h10H,5-9,13H2,1-4H3,(H,14,15). The molecule has 108 valence electrons. The van der Waals surface area contributed by atoms with E-state index < -0.39 is 27.0 Å². The van der Waals surface area contributed by atoms with Gasteiger partial charge in [-0.25, -0.2) is 8.42 Å². The van der Waals surface area contributed by atoms with Crippen LogP contribution in [0, 0.1) is 5.92 Å². The van der Waals surface area contributed by atoms with E-state index in [1.54, 1.807) is 0 Å². The summed E-state index contributed by atoms with van der Waals surface area (Å²) >= 11 is 0. The lowest BCUT2D eigenvalue weighted by Gasteiger charge is -2.31. The van der Waals surface area contributed by atoms with Gasteiger partial charge in [0.15, 0.2) is 9.84 Å². The van der Waals surface area contributed by atoms with Gasteiger partial charge in [-0.3, -0.25) is 4.79 Å². The molecule has 0 fully saturated rings. The van der Waals surface area contributed by atoms with Crippen molar-refractivity contribution in [2.75, 3.05) is 18.1 Å². The number of nitrogens with two attached hydrogens (primary N) is 1. The Hall–Kier alpha value is -0.620. The first-order valence-electron chi connectivity index (χ1n) is 6.41. The smallest absolute Gasteiger partial charge is 0.235 e. The predicted octanol–water partition coefficient (Wildman–Crippen LogP) is 0.691. The van der Waals surface area contributed by atoms with Crippen LogP contribution in [0.1, 0.15) is 40.5 Å². The number of amides is 1. The molecular weight excluding hydrogens is 252 g/mol. The number of hydrogen-bond donors (Lipinski definition) is 2. The molecule has 0 saturated heterocycles. The van der Waals surface area contributed by atoms with Crippen LogP contribution in [0.5, 0.6) is 0 Å². The molecule has 0 rings (SSSR count).